The number of benzene rings is 1. The molecule has 4 rings (SSSR count). The van der Waals surface area contributed by atoms with Gasteiger partial charge in [-0.1, -0.05) is 12.1 Å². The fraction of sp³-hybridized carbons (Fsp3) is 0.350. The van der Waals surface area contributed by atoms with Crippen molar-refractivity contribution in [3.05, 3.63) is 53.0 Å². The number of hydrogen-bond donors (Lipinski definition) is 1. The van der Waals surface area contributed by atoms with Crippen LogP contribution >= 0.6 is 0 Å². The minimum atomic E-state index is -3.48. The molecule has 9 heteroatoms. The summed E-state index contributed by atoms with van der Waals surface area (Å²) in [5, 5.41) is 0. The van der Waals surface area contributed by atoms with E-state index in [0.717, 1.165) is 11.1 Å². The smallest absolute Gasteiger partial charge is 0.232 e. The molecule has 1 aliphatic carbocycles. The van der Waals surface area contributed by atoms with E-state index in [2.05, 4.69) is 15.0 Å². The Morgan fingerprint density at radius 1 is 1.28 bits per heavy atom. The number of aliphatic imine (C=N–C) groups is 1. The lowest BCUT2D eigenvalue weighted by Crippen LogP contribution is -2.58. The summed E-state index contributed by atoms with van der Waals surface area (Å²) >= 11 is 0. The molecule has 1 aliphatic heterocycles. The molecule has 0 saturated heterocycles. The standard InChI is InChI=1S/C20H21FN4O3S/c1-19(2)18(22)25-20(11-29(19,26)27)8-13-5-4-12(6-14(13)20)7-15(21)16-9-24-17(28-3)10-23-16/h4-7,9-10H,8,11H2,1-3H3,(H2,22,25)/b15-7-/t20-/m0/s1. The van der Waals surface area contributed by atoms with Crippen molar-refractivity contribution in [3.8, 4) is 5.88 Å². The monoisotopic (exact) mass is 416 g/mol. The third kappa shape index (κ3) is 3.00. The third-order valence-corrected chi connectivity index (χ3v) is 8.27. The maximum atomic E-state index is 14.6. The molecule has 1 aromatic heterocycles. The Kier molecular flexibility index (Phi) is 4.27. The SMILES string of the molecule is COc1cnc(/C(F)=C/c2ccc3c(c2)[C@]2(C3)CS(=O)(=O)C(C)(C)C(N)=N2)cn1. The Morgan fingerprint density at radius 3 is 2.66 bits per heavy atom. The predicted molar refractivity (Wildman–Crippen MR) is 109 cm³/mol. The molecule has 152 valence electrons. The van der Waals surface area contributed by atoms with E-state index in [4.69, 9.17) is 10.5 Å². The zero-order valence-corrected chi connectivity index (χ0v) is 17.1. The number of halogens is 1. The number of methoxy groups -OCH3 is 1. The molecule has 1 spiro atoms. The summed E-state index contributed by atoms with van der Waals surface area (Å²) < 4.78 is 43.9. The summed E-state index contributed by atoms with van der Waals surface area (Å²) in [5.41, 5.74) is 7.53. The Balaban J connectivity index is 1.70. The number of amidine groups is 1. The van der Waals surface area contributed by atoms with Crippen molar-refractivity contribution in [2.75, 3.05) is 12.9 Å². The number of nitrogens with zero attached hydrogens (tertiary/aromatic N) is 3. The molecule has 2 heterocycles. The molecular weight excluding hydrogens is 395 g/mol. The number of sulfone groups is 1. The second kappa shape index (κ2) is 6.35. The molecule has 0 unspecified atom stereocenters. The minimum Gasteiger partial charge on any atom is -0.480 e. The molecule has 1 aromatic carbocycles. The first-order valence-corrected chi connectivity index (χ1v) is 10.7. The summed E-state index contributed by atoms with van der Waals surface area (Å²) in [6.45, 7) is 3.13. The zero-order chi connectivity index (χ0) is 21.0. The van der Waals surface area contributed by atoms with Gasteiger partial charge in [-0.05, 0) is 42.7 Å². The predicted octanol–water partition coefficient (Wildman–Crippen LogP) is 2.27. The highest BCUT2D eigenvalue weighted by Gasteiger charge is 2.54. The lowest BCUT2D eigenvalue weighted by atomic mass is 9.71. The number of hydrogen-bond acceptors (Lipinski definition) is 7. The second-order valence-corrected chi connectivity index (χ2v) is 10.4. The molecule has 29 heavy (non-hydrogen) atoms. The maximum absolute atomic E-state index is 14.6. The molecule has 0 fully saturated rings. The second-order valence-electron chi connectivity index (χ2n) is 7.83. The number of aromatic nitrogens is 2. The van der Waals surface area contributed by atoms with Gasteiger partial charge < -0.3 is 10.5 Å². The van der Waals surface area contributed by atoms with Crippen molar-refractivity contribution in [2.45, 2.75) is 30.6 Å². The summed E-state index contributed by atoms with van der Waals surface area (Å²) in [6.07, 6.45) is 4.45. The van der Waals surface area contributed by atoms with Crippen LogP contribution in [0.15, 0.2) is 35.6 Å². The van der Waals surface area contributed by atoms with Gasteiger partial charge in [0.05, 0.1) is 25.3 Å². The Labute approximate surface area is 168 Å². The number of nitrogens with two attached hydrogens (primary N) is 1. The van der Waals surface area contributed by atoms with E-state index in [0.29, 0.717) is 17.9 Å². The number of fused-ring (bicyclic) bond motifs is 2. The van der Waals surface area contributed by atoms with E-state index in [1.165, 1.54) is 25.6 Å². The lowest BCUT2D eigenvalue weighted by Gasteiger charge is -2.46. The van der Waals surface area contributed by atoms with Gasteiger partial charge in [-0.2, -0.15) is 0 Å². The van der Waals surface area contributed by atoms with E-state index in [9.17, 15) is 12.8 Å². The van der Waals surface area contributed by atoms with E-state index >= 15 is 0 Å². The van der Waals surface area contributed by atoms with Crippen LogP contribution in [0, 0.1) is 0 Å². The fourth-order valence-electron chi connectivity index (χ4n) is 3.62. The van der Waals surface area contributed by atoms with Crippen molar-refractivity contribution in [1.82, 2.24) is 9.97 Å². The van der Waals surface area contributed by atoms with Crippen LogP contribution in [0.2, 0.25) is 0 Å². The van der Waals surface area contributed by atoms with E-state index < -0.39 is 26.0 Å². The summed E-state index contributed by atoms with van der Waals surface area (Å²) in [4.78, 5) is 12.5. The Hall–Kier alpha value is -2.81. The molecule has 0 bridgehead atoms. The van der Waals surface area contributed by atoms with Gasteiger partial charge in [-0.15, -0.1) is 0 Å². The van der Waals surface area contributed by atoms with Crippen molar-refractivity contribution >= 4 is 27.6 Å². The molecule has 0 amide bonds. The van der Waals surface area contributed by atoms with Crippen molar-refractivity contribution in [2.24, 2.45) is 10.7 Å². The van der Waals surface area contributed by atoms with Crippen LogP contribution < -0.4 is 10.5 Å². The van der Waals surface area contributed by atoms with Gasteiger partial charge in [-0.25, -0.2) is 22.8 Å². The highest BCUT2D eigenvalue weighted by Crippen LogP contribution is 2.48. The average Bonchev–Trinajstić information content (AvgIpc) is 2.67. The van der Waals surface area contributed by atoms with Crippen LogP contribution in [0.25, 0.3) is 11.9 Å². The van der Waals surface area contributed by atoms with Crippen LogP contribution in [0.5, 0.6) is 5.88 Å². The summed E-state index contributed by atoms with van der Waals surface area (Å²) in [6, 6.07) is 5.40. The summed E-state index contributed by atoms with van der Waals surface area (Å²) in [7, 11) is -2.03. The first kappa shape index (κ1) is 19.5. The number of rotatable bonds is 3. The summed E-state index contributed by atoms with van der Waals surface area (Å²) in [5.74, 6) is -0.273. The molecule has 0 radical (unpaired) electrons. The van der Waals surface area contributed by atoms with Crippen molar-refractivity contribution in [1.29, 1.82) is 0 Å². The van der Waals surface area contributed by atoms with Gasteiger partial charge in [0.15, 0.2) is 15.7 Å². The maximum Gasteiger partial charge on any atom is 0.232 e. The van der Waals surface area contributed by atoms with Crippen LogP contribution in [0.4, 0.5) is 4.39 Å². The molecule has 2 aromatic rings. The first-order valence-electron chi connectivity index (χ1n) is 9.03. The third-order valence-electron chi connectivity index (χ3n) is 5.65. The van der Waals surface area contributed by atoms with Gasteiger partial charge in [-0.3, -0.25) is 4.99 Å². The highest BCUT2D eigenvalue weighted by molar-refractivity contribution is 7.93. The van der Waals surface area contributed by atoms with Gasteiger partial charge in [0.1, 0.15) is 21.8 Å². The lowest BCUT2D eigenvalue weighted by molar-refractivity contribution is 0.395. The fourth-order valence-corrected chi connectivity index (χ4v) is 5.30. The molecular formula is C20H21FN4O3S. The average molecular weight is 416 g/mol. The van der Waals surface area contributed by atoms with Gasteiger partial charge in [0.2, 0.25) is 5.88 Å². The molecule has 2 aliphatic rings. The molecule has 0 saturated carbocycles. The number of ether oxygens (including phenoxy) is 1. The normalized spacial score (nSPS) is 24.4. The molecule has 1 atom stereocenters. The van der Waals surface area contributed by atoms with E-state index in [1.807, 2.05) is 6.07 Å². The van der Waals surface area contributed by atoms with Crippen LogP contribution in [0.1, 0.15) is 36.2 Å². The quantitative estimate of drug-likeness (QED) is 0.822. The van der Waals surface area contributed by atoms with E-state index in [-0.39, 0.29) is 17.3 Å². The van der Waals surface area contributed by atoms with E-state index in [1.54, 1.807) is 26.0 Å². The van der Waals surface area contributed by atoms with Crippen LogP contribution in [0.3, 0.4) is 0 Å². The topological polar surface area (TPSA) is 108 Å². The van der Waals surface area contributed by atoms with Gasteiger partial charge in [0, 0.05) is 6.42 Å². The minimum absolute atomic E-state index is 0.0764. The van der Waals surface area contributed by atoms with Crippen molar-refractivity contribution in [3.63, 3.8) is 0 Å². The highest BCUT2D eigenvalue weighted by atomic mass is 32.2. The molecule has 2 N–H and O–H groups in total. The van der Waals surface area contributed by atoms with Crippen LogP contribution in [-0.2, 0) is 21.8 Å². The first-order chi connectivity index (χ1) is 13.6. The largest absolute Gasteiger partial charge is 0.480 e. The van der Waals surface area contributed by atoms with Gasteiger partial charge in [0.25, 0.3) is 0 Å². The van der Waals surface area contributed by atoms with Crippen LogP contribution in [-0.4, -0.2) is 41.8 Å². The Bertz CT molecular complexity index is 1160. The Morgan fingerprint density at radius 2 is 2.03 bits per heavy atom. The van der Waals surface area contributed by atoms with Crippen molar-refractivity contribution < 1.29 is 17.5 Å². The molecule has 7 nitrogen and oxygen atoms in total. The zero-order valence-electron chi connectivity index (χ0n) is 16.3. The van der Waals surface area contributed by atoms with Gasteiger partial charge >= 0.3 is 0 Å².